The van der Waals surface area contributed by atoms with E-state index in [9.17, 15) is 13.2 Å². The van der Waals surface area contributed by atoms with Crippen molar-refractivity contribution in [2.75, 3.05) is 0 Å². The first-order chi connectivity index (χ1) is 7.89. The molecule has 0 bridgehead atoms. The van der Waals surface area contributed by atoms with Crippen LogP contribution in [0.2, 0.25) is 0 Å². The number of carboxylic acids is 1. The van der Waals surface area contributed by atoms with Gasteiger partial charge in [0.1, 0.15) is 10.5 Å². The lowest BCUT2D eigenvalue weighted by molar-refractivity contribution is 0.0687. The summed E-state index contributed by atoms with van der Waals surface area (Å²) in [4.78, 5) is 14.2. The molecule has 1 aliphatic carbocycles. The van der Waals surface area contributed by atoms with Crippen LogP contribution in [-0.4, -0.2) is 30.6 Å². The number of pyridine rings is 1. The molecule has 7 nitrogen and oxygen atoms in total. The summed E-state index contributed by atoms with van der Waals surface area (Å²) >= 11 is 0. The molecule has 0 radical (unpaired) electrons. The maximum atomic E-state index is 11.2. The van der Waals surface area contributed by atoms with Crippen LogP contribution >= 0.6 is 0 Å². The van der Waals surface area contributed by atoms with E-state index in [2.05, 4.69) is 4.98 Å². The van der Waals surface area contributed by atoms with Crippen LogP contribution in [0.3, 0.4) is 0 Å². The van der Waals surface area contributed by atoms with Gasteiger partial charge in [-0.2, -0.15) is 0 Å². The van der Waals surface area contributed by atoms with E-state index in [0.717, 1.165) is 19.0 Å². The zero-order valence-electron chi connectivity index (χ0n) is 8.66. The van der Waals surface area contributed by atoms with Crippen LogP contribution in [0, 0.1) is 0 Å². The molecule has 1 heterocycles. The maximum Gasteiger partial charge on any atom is 0.341 e. The Morgan fingerprint density at radius 1 is 1.47 bits per heavy atom. The summed E-state index contributed by atoms with van der Waals surface area (Å²) in [6.45, 7) is 0. The number of sulfonamides is 1. The molecule has 0 aliphatic heterocycles. The van der Waals surface area contributed by atoms with Gasteiger partial charge in [-0.25, -0.2) is 18.4 Å². The Bertz CT molecular complexity index is 565. The first kappa shape index (κ1) is 11.8. The molecule has 0 atom stereocenters. The molecule has 2 rings (SSSR count). The van der Waals surface area contributed by atoms with Crippen molar-refractivity contribution in [3.63, 3.8) is 0 Å². The second-order valence-electron chi connectivity index (χ2n) is 3.68. The van der Waals surface area contributed by atoms with E-state index < -0.39 is 26.5 Å². The second-order valence-corrected chi connectivity index (χ2v) is 5.21. The number of hydrogen-bond donors (Lipinski definition) is 2. The Hall–Kier alpha value is -1.67. The van der Waals surface area contributed by atoms with Crippen molar-refractivity contribution in [1.29, 1.82) is 0 Å². The molecule has 1 aromatic rings. The van der Waals surface area contributed by atoms with Crippen LogP contribution < -0.4 is 9.88 Å². The number of hydrogen-bond acceptors (Lipinski definition) is 5. The second kappa shape index (κ2) is 3.97. The fourth-order valence-electron chi connectivity index (χ4n) is 1.30. The van der Waals surface area contributed by atoms with Crippen molar-refractivity contribution < 1.29 is 23.1 Å². The van der Waals surface area contributed by atoms with Crippen LogP contribution in [0.1, 0.15) is 23.2 Å². The van der Waals surface area contributed by atoms with Crippen LogP contribution in [0.5, 0.6) is 5.75 Å². The number of aromatic nitrogens is 1. The standard InChI is InChI=1S/C9H10N2O5S/c10-17(14,15)7-4-11-3-6(8(7)9(12)13)16-5-1-2-5/h3-5H,1-2H2,(H,12,13)(H2,10,14,15). The van der Waals surface area contributed by atoms with Crippen LogP contribution in [0.15, 0.2) is 17.3 Å². The molecule has 3 N–H and O–H groups in total. The van der Waals surface area contributed by atoms with Gasteiger partial charge in [-0.05, 0) is 12.8 Å². The summed E-state index contributed by atoms with van der Waals surface area (Å²) in [5.41, 5.74) is -0.464. The first-order valence-corrected chi connectivity index (χ1v) is 6.35. The molecular weight excluding hydrogens is 248 g/mol. The molecule has 92 valence electrons. The Kier molecular flexibility index (Phi) is 2.76. The quantitative estimate of drug-likeness (QED) is 0.782. The van der Waals surface area contributed by atoms with Gasteiger partial charge in [0.05, 0.1) is 12.3 Å². The minimum Gasteiger partial charge on any atom is -0.488 e. The van der Waals surface area contributed by atoms with Gasteiger partial charge in [-0.1, -0.05) is 0 Å². The zero-order chi connectivity index (χ0) is 12.6. The van der Waals surface area contributed by atoms with Crippen molar-refractivity contribution in [2.24, 2.45) is 5.14 Å². The SMILES string of the molecule is NS(=O)(=O)c1cncc(OC2CC2)c1C(=O)O. The van der Waals surface area contributed by atoms with Crippen LogP contribution in [0.4, 0.5) is 0 Å². The molecule has 0 unspecified atom stereocenters. The van der Waals surface area contributed by atoms with Gasteiger partial charge in [0.15, 0.2) is 5.75 Å². The van der Waals surface area contributed by atoms with Crippen molar-refractivity contribution in [3.05, 3.63) is 18.0 Å². The highest BCUT2D eigenvalue weighted by atomic mass is 32.2. The monoisotopic (exact) mass is 258 g/mol. The van der Waals surface area contributed by atoms with Gasteiger partial charge in [0, 0.05) is 6.20 Å². The molecule has 8 heteroatoms. The fourth-order valence-corrected chi connectivity index (χ4v) is 1.98. The Morgan fingerprint density at radius 3 is 2.59 bits per heavy atom. The van der Waals surface area contributed by atoms with E-state index in [0.29, 0.717) is 0 Å². The lowest BCUT2D eigenvalue weighted by Gasteiger charge is -2.10. The molecule has 17 heavy (non-hydrogen) atoms. The summed E-state index contributed by atoms with van der Waals surface area (Å²) in [5, 5.41) is 13.9. The van der Waals surface area contributed by atoms with E-state index in [1.54, 1.807) is 0 Å². The molecule has 0 aromatic carbocycles. The topological polar surface area (TPSA) is 120 Å². The number of carbonyl (C=O) groups is 1. The number of ether oxygens (including phenoxy) is 1. The highest BCUT2D eigenvalue weighted by Crippen LogP contribution is 2.31. The Morgan fingerprint density at radius 2 is 2.12 bits per heavy atom. The molecule has 1 aliphatic rings. The third kappa shape index (κ3) is 2.53. The highest BCUT2D eigenvalue weighted by Gasteiger charge is 2.29. The predicted octanol–water partition coefficient (Wildman–Crippen LogP) is -0.0316. The maximum absolute atomic E-state index is 11.2. The summed E-state index contributed by atoms with van der Waals surface area (Å²) in [6.07, 6.45) is 3.65. The number of nitrogens with zero attached hydrogens (tertiary/aromatic N) is 1. The third-order valence-electron chi connectivity index (χ3n) is 2.21. The smallest absolute Gasteiger partial charge is 0.341 e. The molecule has 0 saturated heterocycles. The van der Waals surface area contributed by atoms with Gasteiger partial charge >= 0.3 is 5.97 Å². The van der Waals surface area contributed by atoms with E-state index in [-0.39, 0.29) is 11.9 Å². The molecule has 1 fully saturated rings. The number of nitrogens with two attached hydrogens (primary N) is 1. The zero-order valence-corrected chi connectivity index (χ0v) is 9.48. The normalized spacial score (nSPS) is 15.6. The predicted molar refractivity (Wildman–Crippen MR) is 56.2 cm³/mol. The van der Waals surface area contributed by atoms with Gasteiger partial charge in [0.2, 0.25) is 10.0 Å². The lowest BCUT2D eigenvalue weighted by Crippen LogP contribution is -2.18. The fraction of sp³-hybridized carbons (Fsp3) is 0.333. The molecule has 0 spiro atoms. The number of carboxylic acid groups (broad SMARTS) is 1. The number of aromatic carboxylic acids is 1. The van der Waals surface area contributed by atoms with Gasteiger partial charge in [-0.15, -0.1) is 0 Å². The van der Waals surface area contributed by atoms with E-state index >= 15 is 0 Å². The lowest BCUT2D eigenvalue weighted by atomic mass is 10.2. The van der Waals surface area contributed by atoms with E-state index in [1.807, 2.05) is 0 Å². The largest absolute Gasteiger partial charge is 0.488 e. The minimum atomic E-state index is -4.14. The molecule has 1 aromatic heterocycles. The number of primary sulfonamides is 1. The summed E-state index contributed by atoms with van der Waals surface area (Å²) in [5.74, 6) is -1.47. The molecule has 1 saturated carbocycles. The van der Waals surface area contributed by atoms with Crippen molar-refractivity contribution in [1.82, 2.24) is 4.98 Å². The summed E-state index contributed by atoms with van der Waals surface area (Å²) < 4.78 is 27.8. The van der Waals surface area contributed by atoms with Crippen LogP contribution in [-0.2, 0) is 10.0 Å². The average Bonchev–Trinajstić information content (AvgIpc) is 2.99. The number of rotatable bonds is 4. The van der Waals surface area contributed by atoms with Gasteiger partial charge < -0.3 is 9.84 Å². The van der Waals surface area contributed by atoms with Crippen molar-refractivity contribution in [2.45, 2.75) is 23.8 Å². The Balaban J connectivity index is 2.55. The Labute approximate surface area is 97.3 Å². The van der Waals surface area contributed by atoms with Crippen molar-refractivity contribution >= 4 is 16.0 Å². The average molecular weight is 258 g/mol. The molecular formula is C9H10N2O5S. The highest BCUT2D eigenvalue weighted by molar-refractivity contribution is 7.89. The summed E-state index contributed by atoms with van der Waals surface area (Å²) in [6, 6.07) is 0. The van der Waals surface area contributed by atoms with Crippen LogP contribution in [0.25, 0.3) is 0 Å². The van der Waals surface area contributed by atoms with Crippen molar-refractivity contribution in [3.8, 4) is 5.75 Å². The van der Waals surface area contributed by atoms with E-state index in [4.69, 9.17) is 15.0 Å². The minimum absolute atomic E-state index is 0.0634. The first-order valence-electron chi connectivity index (χ1n) is 4.80. The van der Waals surface area contributed by atoms with Gasteiger partial charge in [-0.3, -0.25) is 4.98 Å². The molecule has 0 amide bonds. The van der Waals surface area contributed by atoms with Gasteiger partial charge in [0.25, 0.3) is 0 Å². The van der Waals surface area contributed by atoms with E-state index in [1.165, 1.54) is 6.20 Å². The third-order valence-corrected chi connectivity index (χ3v) is 3.14. The summed E-state index contributed by atoms with van der Waals surface area (Å²) in [7, 11) is -4.14.